The summed E-state index contributed by atoms with van der Waals surface area (Å²) >= 11 is 0. The smallest absolute Gasteiger partial charge is 0.200 e. The van der Waals surface area contributed by atoms with Crippen molar-refractivity contribution in [3.63, 3.8) is 0 Å². The van der Waals surface area contributed by atoms with Crippen LogP contribution < -0.4 is 5.43 Å². The maximum atomic E-state index is 12.6. The van der Waals surface area contributed by atoms with Crippen molar-refractivity contribution in [1.82, 2.24) is 0 Å². The summed E-state index contributed by atoms with van der Waals surface area (Å²) < 4.78 is 5.64. The molecule has 1 heterocycles. The first-order valence-corrected chi connectivity index (χ1v) is 6.25. The van der Waals surface area contributed by atoms with Gasteiger partial charge < -0.3 is 4.42 Å². The Bertz CT molecular complexity index is 799. The normalized spacial score (nSPS) is 10.8. The first-order valence-electron chi connectivity index (χ1n) is 6.25. The van der Waals surface area contributed by atoms with Gasteiger partial charge in [-0.1, -0.05) is 36.4 Å². The summed E-state index contributed by atoms with van der Waals surface area (Å²) in [5.41, 5.74) is 4.24. The summed E-state index contributed by atoms with van der Waals surface area (Å²) in [7, 11) is 0. The predicted octanol–water partition coefficient (Wildman–Crippen LogP) is 4.08. The molecule has 0 bridgehead atoms. The third kappa shape index (κ3) is 1.95. The molecule has 19 heavy (non-hydrogen) atoms. The Labute approximate surface area is 111 Å². The molecule has 0 saturated heterocycles. The van der Waals surface area contributed by atoms with Gasteiger partial charge in [0.2, 0.25) is 5.43 Å². The van der Waals surface area contributed by atoms with E-state index in [1.165, 1.54) is 0 Å². The summed E-state index contributed by atoms with van der Waals surface area (Å²) in [5.74, 6) is 0. The van der Waals surface area contributed by atoms with Crippen molar-refractivity contribution < 1.29 is 4.42 Å². The maximum absolute atomic E-state index is 12.6. The lowest BCUT2D eigenvalue weighted by Crippen LogP contribution is -2.06. The highest BCUT2D eigenvalue weighted by molar-refractivity contribution is 5.84. The molecule has 0 atom stereocenters. The summed E-state index contributed by atoms with van der Waals surface area (Å²) in [6.45, 7) is 3.94. The van der Waals surface area contributed by atoms with Crippen molar-refractivity contribution in [2.75, 3.05) is 0 Å². The molecule has 0 fully saturated rings. The van der Waals surface area contributed by atoms with Gasteiger partial charge in [-0.15, -0.1) is 0 Å². The highest BCUT2D eigenvalue weighted by atomic mass is 16.3. The quantitative estimate of drug-likeness (QED) is 0.651. The number of aryl methyl sites for hydroxylation is 2. The second-order valence-corrected chi connectivity index (χ2v) is 4.80. The fourth-order valence-electron chi connectivity index (χ4n) is 2.44. The van der Waals surface area contributed by atoms with E-state index in [0.29, 0.717) is 16.5 Å². The molecule has 0 amide bonds. The van der Waals surface area contributed by atoms with Gasteiger partial charge in [0.05, 0.1) is 10.9 Å². The zero-order chi connectivity index (χ0) is 13.4. The number of fused-ring (bicyclic) bond motifs is 1. The molecule has 94 valence electrons. The van der Waals surface area contributed by atoms with Crippen LogP contribution in [0, 0.1) is 13.8 Å². The van der Waals surface area contributed by atoms with E-state index in [-0.39, 0.29) is 5.43 Å². The number of hydrogen-bond donors (Lipinski definition) is 0. The van der Waals surface area contributed by atoms with E-state index < -0.39 is 0 Å². The van der Waals surface area contributed by atoms with Gasteiger partial charge in [-0.25, -0.2) is 0 Å². The Kier molecular flexibility index (Phi) is 2.71. The Hall–Kier alpha value is -2.35. The molecular weight excluding hydrogens is 236 g/mol. The van der Waals surface area contributed by atoms with Gasteiger partial charge in [0, 0.05) is 0 Å². The van der Waals surface area contributed by atoms with Crippen molar-refractivity contribution in [3.05, 3.63) is 70.1 Å². The summed E-state index contributed by atoms with van der Waals surface area (Å²) in [4.78, 5) is 12.6. The molecule has 3 aromatic rings. The van der Waals surface area contributed by atoms with Gasteiger partial charge in [0.25, 0.3) is 0 Å². The summed E-state index contributed by atoms with van der Waals surface area (Å²) in [6.07, 6.45) is 1.55. The minimum absolute atomic E-state index is 0.0324. The molecule has 0 radical (unpaired) electrons. The van der Waals surface area contributed by atoms with Crippen LogP contribution in [0.25, 0.3) is 22.1 Å². The molecule has 2 nitrogen and oxygen atoms in total. The van der Waals surface area contributed by atoms with Crippen molar-refractivity contribution in [3.8, 4) is 11.1 Å². The SMILES string of the molecule is Cc1cc(C)c2c(=O)c(-c3ccccc3)coc2c1. The summed E-state index contributed by atoms with van der Waals surface area (Å²) in [5, 5.41) is 0.673. The zero-order valence-electron chi connectivity index (χ0n) is 10.9. The van der Waals surface area contributed by atoms with Crippen LogP contribution in [-0.2, 0) is 0 Å². The summed E-state index contributed by atoms with van der Waals surface area (Å²) in [6, 6.07) is 13.5. The van der Waals surface area contributed by atoms with Gasteiger partial charge >= 0.3 is 0 Å². The Morgan fingerprint density at radius 2 is 1.74 bits per heavy atom. The molecule has 0 aliphatic heterocycles. The van der Waals surface area contributed by atoms with E-state index in [1.54, 1.807) is 6.26 Å². The van der Waals surface area contributed by atoms with E-state index in [4.69, 9.17) is 4.42 Å². The minimum atomic E-state index is 0.0324. The topological polar surface area (TPSA) is 30.2 Å². The van der Waals surface area contributed by atoms with E-state index >= 15 is 0 Å². The van der Waals surface area contributed by atoms with E-state index in [9.17, 15) is 4.79 Å². The van der Waals surface area contributed by atoms with Crippen LogP contribution in [0.5, 0.6) is 0 Å². The van der Waals surface area contributed by atoms with Crippen molar-refractivity contribution in [2.24, 2.45) is 0 Å². The molecule has 3 rings (SSSR count). The maximum Gasteiger partial charge on any atom is 0.200 e. The molecule has 0 spiro atoms. The van der Waals surface area contributed by atoms with Gasteiger partial charge in [-0.3, -0.25) is 4.79 Å². The first-order chi connectivity index (χ1) is 9.16. The fourth-order valence-corrected chi connectivity index (χ4v) is 2.44. The van der Waals surface area contributed by atoms with Gasteiger partial charge in [-0.05, 0) is 36.6 Å². The van der Waals surface area contributed by atoms with Gasteiger partial charge in [-0.2, -0.15) is 0 Å². The molecule has 1 aromatic heterocycles. The molecular formula is C17H14O2. The Morgan fingerprint density at radius 1 is 1.00 bits per heavy atom. The third-order valence-electron chi connectivity index (χ3n) is 3.30. The number of rotatable bonds is 1. The van der Waals surface area contributed by atoms with Gasteiger partial charge in [0.1, 0.15) is 11.8 Å². The molecule has 0 aliphatic carbocycles. The third-order valence-corrected chi connectivity index (χ3v) is 3.30. The van der Waals surface area contributed by atoms with Crippen LogP contribution in [0.1, 0.15) is 11.1 Å². The molecule has 0 N–H and O–H groups in total. The largest absolute Gasteiger partial charge is 0.463 e. The lowest BCUT2D eigenvalue weighted by atomic mass is 10.0. The average molecular weight is 250 g/mol. The van der Waals surface area contributed by atoms with Crippen LogP contribution in [0.2, 0.25) is 0 Å². The fraction of sp³-hybridized carbons (Fsp3) is 0.118. The van der Waals surface area contributed by atoms with Crippen molar-refractivity contribution >= 4 is 11.0 Å². The van der Waals surface area contributed by atoms with Crippen molar-refractivity contribution in [1.29, 1.82) is 0 Å². The van der Waals surface area contributed by atoms with E-state index in [1.807, 2.05) is 56.3 Å². The molecule has 0 saturated carbocycles. The first kappa shape index (κ1) is 11.7. The number of benzene rings is 2. The second-order valence-electron chi connectivity index (χ2n) is 4.80. The predicted molar refractivity (Wildman–Crippen MR) is 77.4 cm³/mol. The average Bonchev–Trinajstić information content (AvgIpc) is 2.39. The van der Waals surface area contributed by atoms with Crippen LogP contribution in [-0.4, -0.2) is 0 Å². The molecule has 0 aliphatic rings. The highest BCUT2D eigenvalue weighted by Crippen LogP contribution is 2.22. The molecule has 2 heteroatoms. The lowest BCUT2D eigenvalue weighted by Gasteiger charge is -2.06. The lowest BCUT2D eigenvalue weighted by molar-refractivity contribution is 0.604. The molecule has 0 unspecified atom stereocenters. The zero-order valence-corrected chi connectivity index (χ0v) is 10.9. The van der Waals surface area contributed by atoms with Crippen LogP contribution in [0.4, 0.5) is 0 Å². The Balaban J connectivity index is 2.37. The Morgan fingerprint density at radius 3 is 2.47 bits per heavy atom. The minimum Gasteiger partial charge on any atom is -0.463 e. The highest BCUT2D eigenvalue weighted by Gasteiger charge is 2.11. The van der Waals surface area contributed by atoms with E-state index in [2.05, 4.69) is 0 Å². The van der Waals surface area contributed by atoms with Crippen LogP contribution >= 0.6 is 0 Å². The van der Waals surface area contributed by atoms with Crippen molar-refractivity contribution in [2.45, 2.75) is 13.8 Å². The molecule has 2 aromatic carbocycles. The van der Waals surface area contributed by atoms with E-state index in [0.717, 1.165) is 16.7 Å². The standard InChI is InChI=1S/C17H14O2/c1-11-8-12(2)16-15(9-11)19-10-14(17(16)18)13-6-4-3-5-7-13/h3-10H,1-2H3. The second kappa shape index (κ2) is 4.39. The van der Waals surface area contributed by atoms with Gasteiger partial charge in [0.15, 0.2) is 0 Å². The number of hydrogen-bond acceptors (Lipinski definition) is 2. The van der Waals surface area contributed by atoms with Crippen LogP contribution in [0.15, 0.2) is 57.9 Å². The van der Waals surface area contributed by atoms with Crippen LogP contribution in [0.3, 0.4) is 0 Å². The monoisotopic (exact) mass is 250 g/mol.